The fourth-order valence-electron chi connectivity index (χ4n) is 5.48. The second-order valence-electron chi connectivity index (χ2n) is 11.4. The van der Waals surface area contributed by atoms with E-state index in [4.69, 9.17) is 0 Å². The Hall–Kier alpha value is -0.790. The zero-order valence-corrected chi connectivity index (χ0v) is 24.3. The Labute approximate surface area is 215 Å². The normalized spacial score (nSPS) is 12.6. The van der Waals surface area contributed by atoms with Crippen LogP contribution < -0.4 is 4.57 Å². The third-order valence-electron chi connectivity index (χ3n) is 7.69. The first-order valence-electron chi connectivity index (χ1n) is 15.7. The molecule has 1 aromatic heterocycles. The molecule has 0 N–H and O–H groups in total. The molecule has 0 amide bonds. The number of nitrogens with zero attached hydrogens (tertiary/aromatic N) is 2. The van der Waals surface area contributed by atoms with Gasteiger partial charge >= 0.3 is 0 Å². The first kappa shape index (κ1) is 31.2. The maximum Gasteiger partial charge on any atom is 0.259 e. The number of imidazole rings is 1. The van der Waals surface area contributed by atoms with Crippen LogP contribution in [-0.4, -0.2) is 4.57 Å². The molecular weight excluding hydrogens is 412 g/mol. The molecule has 0 radical (unpaired) electrons. The predicted molar refractivity (Wildman–Crippen MR) is 152 cm³/mol. The molecule has 2 heteroatoms. The lowest BCUT2D eigenvalue weighted by Gasteiger charge is -2.14. The molecule has 0 aliphatic heterocycles. The van der Waals surface area contributed by atoms with Crippen molar-refractivity contribution < 1.29 is 4.57 Å². The van der Waals surface area contributed by atoms with Gasteiger partial charge in [0.2, 0.25) is 0 Å². The molecular formula is C32H63N2+. The largest absolute Gasteiger partial charge is 0.259 e. The zero-order valence-electron chi connectivity index (χ0n) is 24.3. The van der Waals surface area contributed by atoms with Crippen molar-refractivity contribution in [2.45, 2.75) is 188 Å². The average molecular weight is 476 g/mol. The van der Waals surface area contributed by atoms with Gasteiger partial charge in [-0.2, -0.15) is 0 Å². The number of aryl methyl sites for hydroxylation is 1. The molecule has 0 aliphatic carbocycles. The summed E-state index contributed by atoms with van der Waals surface area (Å²) in [6, 6.07) is 0.626. The molecule has 1 rings (SSSR count). The SMILES string of the molecule is CCCCCCCCCCCCCCCCCC[n+]1ccn(C(C)CCCCCC)c1C(C)C. The van der Waals surface area contributed by atoms with Crippen molar-refractivity contribution in [2.24, 2.45) is 0 Å². The maximum atomic E-state index is 2.57. The highest BCUT2D eigenvalue weighted by Crippen LogP contribution is 2.21. The molecule has 34 heavy (non-hydrogen) atoms. The highest BCUT2D eigenvalue weighted by atomic mass is 15.2. The van der Waals surface area contributed by atoms with Gasteiger partial charge in [0.05, 0.1) is 18.5 Å². The van der Waals surface area contributed by atoms with E-state index in [1.165, 1.54) is 147 Å². The predicted octanol–water partition coefficient (Wildman–Crippen LogP) is 10.7. The Morgan fingerprint density at radius 3 is 1.44 bits per heavy atom. The van der Waals surface area contributed by atoms with Gasteiger partial charge in [-0.15, -0.1) is 0 Å². The number of aromatic nitrogens is 2. The van der Waals surface area contributed by atoms with Crippen LogP contribution in [0.5, 0.6) is 0 Å². The van der Waals surface area contributed by atoms with Crippen molar-refractivity contribution in [1.82, 2.24) is 4.57 Å². The molecule has 0 spiro atoms. The monoisotopic (exact) mass is 475 g/mol. The van der Waals surface area contributed by atoms with Crippen molar-refractivity contribution >= 4 is 0 Å². The lowest BCUT2D eigenvalue weighted by Crippen LogP contribution is -2.38. The lowest BCUT2D eigenvalue weighted by molar-refractivity contribution is -0.705. The molecule has 1 heterocycles. The molecule has 1 unspecified atom stereocenters. The fraction of sp³-hybridized carbons (Fsp3) is 0.906. The van der Waals surface area contributed by atoms with Gasteiger partial charge in [0.1, 0.15) is 12.4 Å². The van der Waals surface area contributed by atoms with E-state index in [2.05, 4.69) is 56.1 Å². The van der Waals surface area contributed by atoms with Gasteiger partial charge in [-0.1, -0.05) is 137 Å². The Kier molecular flexibility index (Phi) is 19.7. The van der Waals surface area contributed by atoms with E-state index >= 15 is 0 Å². The third kappa shape index (κ3) is 14.6. The van der Waals surface area contributed by atoms with E-state index in [0.29, 0.717) is 12.0 Å². The molecule has 0 aromatic carbocycles. The van der Waals surface area contributed by atoms with Crippen molar-refractivity contribution in [3.8, 4) is 0 Å². The molecule has 200 valence electrons. The highest BCUT2D eigenvalue weighted by molar-refractivity contribution is 4.92. The Balaban J connectivity index is 2.08. The summed E-state index contributed by atoms with van der Waals surface area (Å²) < 4.78 is 5.13. The zero-order chi connectivity index (χ0) is 24.9. The van der Waals surface area contributed by atoms with Crippen molar-refractivity contribution in [3.63, 3.8) is 0 Å². The first-order chi connectivity index (χ1) is 16.6. The molecule has 0 bridgehead atoms. The maximum absolute atomic E-state index is 2.57. The second kappa shape index (κ2) is 21.5. The van der Waals surface area contributed by atoms with E-state index in [1.54, 1.807) is 0 Å². The van der Waals surface area contributed by atoms with Crippen LogP contribution in [0.1, 0.15) is 187 Å². The summed E-state index contributed by atoms with van der Waals surface area (Å²) in [4.78, 5) is 0. The van der Waals surface area contributed by atoms with E-state index < -0.39 is 0 Å². The van der Waals surface area contributed by atoms with Gasteiger partial charge in [0, 0.05) is 0 Å². The van der Waals surface area contributed by atoms with Crippen LogP contribution in [0.25, 0.3) is 0 Å². The van der Waals surface area contributed by atoms with Gasteiger partial charge in [0.25, 0.3) is 5.82 Å². The summed E-state index contributed by atoms with van der Waals surface area (Å²) >= 11 is 0. The molecule has 0 fully saturated rings. The molecule has 0 saturated carbocycles. The molecule has 1 atom stereocenters. The minimum absolute atomic E-state index is 0.592. The Bertz CT molecular complexity index is 559. The van der Waals surface area contributed by atoms with Gasteiger partial charge < -0.3 is 0 Å². The van der Waals surface area contributed by atoms with Crippen molar-refractivity contribution in [2.75, 3.05) is 0 Å². The number of unbranched alkanes of at least 4 members (excludes halogenated alkanes) is 18. The van der Waals surface area contributed by atoms with Gasteiger partial charge in [-0.05, 0) is 32.6 Å². The minimum atomic E-state index is 0.592. The van der Waals surface area contributed by atoms with E-state index in [1.807, 2.05) is 0 Å². The van der Waals surface area contributed by atoms with Crippen LogP contribution in [-0.2, 0) is 6.54 Å². The molecule has 1 aromatic rings. The third-order valence-corrected chi connectivity index (χ3v) is 7.69. The summed E-state index contributed by atoms with van der Waals surface area (Å²) in [5.41, 5.74) is 0. The lowest BCUT2D eigenvalue weighted by atomic mass is 10.0. The van der Waals surface area contributed by atoms with Crippen molar-refractivity contribution in [1.29, 1.82) is 0 Å². The second-order valence-corrected chi connectivity index (χ2v) is 11.4. The molecule has 2 nitrogen and oxygen atoms in total. The highest BCUT2D eigenvalue weighted by Gasteiger charge is 2.23. The fourth-order valence-corrected chi connectivity index (χ4v) is 5.48. The van der Waals surface area contributed by atoms with Crippen LogP contribution in [0.2, 0.25) is 0 Å². The summed E-state index contributed by atoms with van der Waals surface area (Å²) in [5.74, 6) is 2.12. The standard InChI is InChI=1S/C32H63N2/c1-6-8-10-12-13-14-15-16-17-18-19-20-21-22-23-25-27-33-28-29-34(32(33)30(3)4)31(5)26-24-11-9-7-2/h28-31H,6-27H2,1-5H3/q+1. The van der Waals surface area contributed by atoms with Gasteiger partial charge in [-0.25, -0.2) is 9.13 Å². The van der Waals surface area contributed by atoms with Crippen LogP contribution >= 0.6 is 0 Å². The van der Waals surface area contributed by atoms with Crippen LogP contribution in [0, 0.1) is 0 Å². The average Bonchev–Trinajstić information content (AvgIpc) is 3.26. The molecule has 0 aliphatic rings. The van der Waals surface area contributed by atoms with E-state index in [9.17, 15) is 0 Å². The number of hydrogen-bond acceptors (Lipinski definition) is 0. The minimum Gasteiger partial charge on any atom is -0.234 e. The summed E-state index contributed by atoms with van der Waals surface area (Å²) in [6.45, 7) is 12.9. The van der Waals surface area contributed by atoms with E-state index in [-0.39, 0.29) is 0 Å². The topological polar surface area (TPSA) is 8.81 Å². The number of rotatable bonds is 24. The van der Waals surface area contributed by atoms with Gasteiger partial charge in [0.15, 0.2) is 0 Å². The summed E-state index contributed by atoms with van der Waals surface area (Å²) in [6.07, 6.45) is 34.5. The van der Waals surface area contributed by atoms with E-state index in [0.717, 1.165) is 0 Å². The quantitative estimate of drug-likeness (QED) is 0.104. The van der Waals surface area contributed by atoms with Crippen molar-refractivity contribution in [3.05, 3.63) is 18.2 Å². The van der Waals surface area contributed by atoms with Crippen LogP contribution in [0.15, 0.2) is 12.4 Å². The Morgan fingerprint density at radius 2 is 1.00 bits per heavy atom. The smallest absolute Gasteiger partial charge is 0.234 e. The summed E-state index contributed by atoms with van der Waals surface area (Å²) in [5, 5.41) is 0. The Morgan fingerprint density at radius 1 is 0.588 bits per heavy atom. The first-order valence-corrected chi connectivity index (χ1v) is 15.7. The number of hydrogen-bond donors (Lipinski definition) is 0. The summed E-state index contributed by atoms with van der Waals surface area (Å²) in [7, 11) is 0. The molecule has 0 saturated heterocycles. The van der Waals surface area contributed by atoms with Gasteiger partial charge in [-0.3, -0.25) is 0 Å². The van der Waals surface area contributed by atoms with Crippen LogP contribution in [0.3, 0.4) is 0 Å². The van der Waals surface area contributed by atoms with Crippen LogP contribution in [0.4, 0.5) is 0 Å².